The molecule has 0 aromatic carbocycles. The highest BCUT2D eigenvalue weighted by molar-refractivity contribution is 7.75. The highest BCUT2D eigenvalue weighted by Crippen LogP contribution is 2.61. The normalized spacial score (nSPS) is 12.0. The second-order valence-corrected chi connectivity index (χ2v) is 16.5. The lowest BCUT2D eigenvalue weighted by molar-refractivity contribution is 0.529. The van der Waals surface area contributed by atoms with Crippen LogP contribution in [0.3, 0.4) is 0 Å². The average Bonchev–Trinajstić information content (AvgIpc) is 2.86. The van der Waals surface area contributed by atoms with Crippen LogP contribution in [-0.4, -0.2) is 24.6 Å². The van der Waals surface area contributed by atoms with Crippen molar-refractivity contribution in [1.29, 1.82) is 0 Å². The van der Waals surface area contributed by atoms with Crippen LogP contribution in [0.1, 0.15) is 195 Å². The van der Waals surface area contributed by atoms with E-state index >= 15 is 0 Å². The van der Waals surface area contributed by atoms with Crippen molar-refractivity contribution in [2.75, 3.05) is 24.6 Å². The van der Waals surface area contributed by atoms with E-state index in [2.05, 4.69) is 27.7 Å². The van der Waals surface area contributed by atoms with Crippen LogP contribution in [0.4, 0.5) is 0 Å². The van der Waals surface area contributed by atoms with Gasteiger partial charge in [-0.15, -0.1) is 0 Å². The minimum Gasteiger partial charge on any atom is -0.0654 e. The molecule has 0 bridgehead atoms. The summed E-state index contributed by atoms with van der Waals surface area (Å²) in [6.45, 7) is 9.45. The molecular formula is C34H72P+. The summed E-state index contributed by atoms with van der Waals surface area (Å²) in [5, 5.41) is 0. The first-order chi connectivity index (χ1) is 17.2. The van der Waals surface area contributed by atoms with E-state index in [-0.39, 0.29) is 0 Å². The smallest absolute Gasteiger partial charge is 0.0594 e. The molecule has 0 aliphatic rings. The van der Waals surface area contributed by atoms with E-state index in [0.29, 0.717) is 0 Å². The van der Waals surface area contributed by atoms with Crippen molar-refractivity contribution < 1.29 is 0 Å². The fraction of sp³-hybridized carbons (Fsp3) is 1.00. The molecule has 0 N–H and O–H groups in total. The topological polar surface area (TPSA) is 0 Å². The predicted molar refractivity (Wildman–Crippen MR) is 169 cm³/mol. The first-order valence-corrected chi connectivity index (χ1v) is 19.6. The van der Waals surface area contributed by atoms with E-state index in [0.717, 1.165) is 0 Å². The van der Waals surface area contributed by atoms with Gasteiger partial charge in [0.25, 0.3) is 0 Å². The summed E-state index contributed by atoms with van der Waals surface area (Å²) < 4.78 is 0. The number of unbranched alkanes of at least 4 members (excludes halogenated alkanes) is 22. The molecule has 0 saturated carbocycles. The molecule has 0 fully saturated rings. The lowest BCUT2D eigenvalue weighted by Gasteiger charge is -2.28. The zero-order valence-electron chi connectivity index (χ0n) is 25.7. The number of hydrogen-bond acceptors (Lipinski definition) is 0. The molecule has 1 heteroatoms. The molecule has 0 unspecified atom stereocenters. The SMILES string of the molecule is CCCCCCCCCCCCCCCCCCC[P+](CCCCC)(CCCCC)CCCCC. The van der Waals surface area contributed by atoms with E-state index in [1.54, 1.807) is 31.1 Å². The van der Waals surface area contributed by atoms with Gasteiger partial charge in [0.2, 0.25) is 0 Å². The largest absolute Gasteiger partial charge is 0.0654 e. The number of hydrogen-bond donors (Lipinski definition) is 0. The fourth-order valence-electron chi connectivity index (χ4n) is 5.93. The standard InChI is InChI=1S/C34H72P/c1-5-9-13-14-15-16-17-18-19-20-21-22-23-24-25-26-30-34-35(31-27-10-6-2,32-28-11-7-3)33-29-12-8-4/h5-34H2,1-4H3/q+1. The van der Waals surface area contributed by atoms with Crippen LogP contribution in [0.2, 0.25) is 0 Å². The third kappa shape index (κ3) is 24.5. The van der Waals surface area contributed by atoms with Gasteiger partial charge in [0, 0.05) is 7.26 Å². The maximum Gasteiger partial charge on any atom is 0.0594 e. The van der Waals surface area contributed by atoms with Crippen molar-refractivity contribution in [3.63, 3.8) is 0 Å². The molecule has 0 aromatic rings. The molecule has 0 heterocycles. The Balaban J connectivity index is 3.89. The van der Waals surface area contributed by atoms with Crippen LogP contribution in [0.25, 0.3) is 0 Å². The van der Waals surface area contributed by atoms with Crippen molar-refractivity contribution in [2.45, 2.75) is 195 Å². The van der Waals surface area contributed by atoms with Gasteiger partial charge in [0.1, 0.15) is 0 Å². The Hall–Kier alpha value is 0.430. The second-order valence-electron chi connectivity index (χ2n) is 12.0. The maximum absolute atomic E-state index is 2.38. The lowest BCUT2D eigenvalue weighted by Crippen LogP contribution is -2.13. The molecule has 212 valence electrons. The highest BCUT2D eigenvalue weighted by atomic mass is 31.2. The second kappa shape index (κ2) is 29.0. The van der Waals surface area contributed by atoms with E-state index < -0.39 is 7.26 Å². The summed E-state index contributed by atoms with van der Waals surface area (Å²) in [5.41, 5.74) is 0. The highest BCUT2D eigenvalue weighted by Gasteiger charge is 2.34. The van der Waals surface area contributed by atoms with Gasteiger partial charge in [-0.2, -0.15) is 0 Å². The summed E-state index contributed by atoms with van der Waals surface area (Å²) in [4.78, 5) is 0. The van der Waals surface area contributed by atoms with Crippen LogP contribution in [0.5, 0.6) is 0 Å². The summed E-state index contributed by atoms with van der Waals surface area (Å²) in [6.07, 6.45) is 45.0. The zero-order valence-corrected chi connectivity index (χ0v) is 26.6. The van der Waals surface area contributed by atoms with Crippen molar-refractivity contribution in [2.24, 2.45) is 0 Å². The lowest BCUT2D eigenvalue weighted by atomic mass is 10.0. The summed E-state index contributed by atoms with van der Waals surface area (Å²) >= 11 is 0. The van der Waals surface area contributed by atoms with Gasteiger partial charge in [-0.3, -0.25) is 0 Å². The average molecular weight is 512 g/mol. The minimum atomic E-state index is -0.675. The Morgan fingerprint density at radius 1 is 0.229 bits per heavy atom. The molecule has 0 aliphatic carbocycles. The van der Waals surface area contributed by atoms with Gasteiger partial charge in [0.05, 0.1) is 24.6 Å². The molecule has 0 radical (unpaired) electrons. The molecule has 0 rings (SSSR count). The van der Waals surface area contributed by atoms with E-state index in [1.165, 1.54) is 161 Å². The first kappa shape index (κ1) is 35.4. The van der Waals surface area contributed by atoms with Gasteiger partial charge in [-0.1, -0.05) is 163 Å². The van der Waals surface area contributed by atoms with Crippen LogP contribution < -0.4 is 0 Å². The van der Waals surface area contributed by atoms with Gasteiger partial charge in [-0.25, -0.2) is 0 Å². The minimum absolute atomic E-state index is 0.675. The van der Waals surface area contributed by atoms with Crippen molar-refractivity contribution in [3.05, 3.63) is 0 Å². The Morgan fingerprint density at radius 2 is 0.400 bits per heavy atom. The monoisotopic (exact) mass is 512 g/mol. The van der Waals surface area contributed by atoms with Crippen LogP contribution in [-0.2, 0) is 0 Å². The molecule has 0 amide bonds. The first-order valence-electron chi connectivity index (χ1n) is 17.1. The fourth-order valence-corrected chi connectivity index (χ4v) is 10.9. The molecule has 0 nitrogen and oxygen atoms in total. The summed E-state index contributed by atoms with van der Waals surface area (Å²) in [7, 11) is -0.675. The van der Waals surface area contributed by atoms with Gasteiger partial charge >= 0.3 is 0 Å². The van der Waals surface area contributed by atoms with Crippen LogP contribution >= 0.6 is 7.26 Å². The Morgan fingerprint density at radius 3 is 0.657 bits per heavy atom. The molecular weight excluding hydrogens is 439 g/mol. The summed E-state index contributed by atoms with van der Waals surface area (Å²) in [6, 6.07) is 0. The zero-order chi connectivity index (χ0) is 25.7. The quantitative estimate of drug-likeness (QED) is 0.0664. The van der Waals surface area contributed by atoms with Crippen molar-refractivity contribution in [3.8, 4) is 0 Å². The molecule has 35 heavy (non-hydrogen) atoms. The van der Waals surface area contributed by atoms with E-state index in [1.807, 2.05) is 0 Å². The summed E-state index contributed by atoms with van der Waals surface area (Å²) in [5.74, 6) is 0. The Kier molecular flexibility index (Phi) is 29.3. The Labute approximate surface area is 226 Å². The van der Waals surface area contributed by atoms with E-state index in [4.69, 9.17) is 0 Å². The van der Waals surface area contributed by atoms with Gasteiger partial charge in [-0.05, 0) is 32.1 Å². The molecule has 0 atom stereocenters. The molecule has 0 saturated heterocycles. The maximum atomic E-state index is 2.38. The molecule has 0 spiro atoms. The number of rotatable bonds is 30. The van der Waals surface area contributed by atoms with Gasteiger partial charge < -0.3 is 0 Å². The molecule has 0 aliphatic heterocycles. The molecule has 0 aromatic heterocycles. The van der Waals surface area contributed by atoms with E-state index in [9.17, 15) is 0 Å². The predicted octanol–water partition coefficient (Wildman–Crippen LogP) is 13.2. The third-order valence-electron chi connectivity index (χ3n) is 8.44. The van der Waals surface area contributed by atoms with Crippen molar-refractivity contribution >= 4 is 7.26 Å². The van der Waals surface area contributed by atoms with Gasteiger partial charge in [0.15, 0.2) is 0 Å². The Bertz CT molecular complexity index is 350. The van der Waals surface area contributed by atoms with Crippen LogP contribution in [0, 0.1) is 0 Å². The third-order valence-corrected chi connectivity index (χ3v) is 13.5. The van der Waals surface area contributed by atoms with Crippen molar-refractivity contribution in [1.82, 2.24) is 0 Å². The van der Waals surface area contributed by atoms with Crippen LogP contribution in [0.15, 0.2) is 0 Å².